The van der Waals surface area contributed by atoms with Crippen molar-refractivity contribution in [3.05, 3.63) is 17.5 Å². The van der Waals surface area contributed by atoms with Crippen LogP contribution in [0.4, 0.5) is 0 Å². The van der Waals surface area contributed by atoms with Crippen molar-refractivity contribution in [3.63, 3.8) is 0 Å². The summed E-state index contributed by atoms with van der Waals surface area (Å²) < 4.78 is 7.36. The number of hydrogen-bond donors (Lipinski definition) is 0. The molecule has 27 heavy (non-hydrogen) atoms. The van der Waals surface area contributed by atoms with E-state index in [2.05, 4.69) is 10.00 Å². The Bertz CT molecular complexity index is 719. The lowest BCUT2D eigenvalue weighted by Crippen LogP contribution is -2.55. The van der Waals surface area contributed by atoms with Crippen LogP contribution in [0, 0.1) is 19.8 Å². The van der Waals surface area contributed by atoms with Crippen LogP contribution < -0.4 is 0 Å². The van der Waals surface area contributed by atoms with Crippen LogP contribution in [0.1, 0.15) is 43.5 Å². The molecular formula is C20H30N4O3. The lowest BCUT2D eigenvalue weighted by atomic mass is 9.84. The maximum atomic E-state index is 13.0. The molecule has 0 aromatic carbocycles. The third-order valence-electron chi connectivity index (χ3n) is 6.37. The molecule has 4 rings (SSSR count). The Hall–Kier alpha value is -1.89. The lowest BCUT2D eigenvalue weighted by Gasteiger charge is -2.45. The molecule has 2 aliphatic heterocycles. The highest BCUT2D eigenvalue weighted by molar-refractivity contribution is 5.82. The molecule has 7 nitrogen and oxygen atoms in total. The van der Waals surface area contributed by atoms with Gasteiger partial charge in [0, 0.05) is 50.0 Å². The molecule has 3 aliphatic rings. The smallest absolute Gasteiger partial charge is 0.244 e. The standard InChI is InChI=1S/C20H30N4O3/c1-15-13-16(2)24(21-15)14-18(25)22-8-5-20(6-11-27-12-7-20)23(10-9-22)19(26)17-3-4-17/h13,17H,3-12,14H2,1-2H3. The molecule has 0 N–H and O–H groups in total. The molecule has 2 saturated heterocycles. The van der Waals surface area contributed by atoms with Crippen LogP contribution >= 0.6 is 0 Å². The van der Waals surface area contributed by atoms with Gasteiger partial charge in [-0.25, -0.2) is 0 Å². The number of aryl methyl sites for hydroxylation is 2. The van der Waals surface area contributed by atoms with Gasteiger partial charge in [0.25, 0.3) is 0 Å². The predicted molar refractivity (Wildman–Crippen MR) is 100 cm³/mol. The molecule has 1 aromatic heterocycles. The van der Waals surface area contributed by atoms with E-state index in [-0.39, 0.29) is 23.9 Å². The molecule has 7 heteroatoms. The predicted octanol–water partition coefficient (Wildman–Crippen LogP) is 1.52. The quantitative estimate of drug-likeness (QED) is 0.805. The van der Waals surface area contributed by atoms with Crippen molar-refractivity contribution < 1.29 is 14.3 Å². The molecule has 1 aromatic rings. The number of rotatable bonds is 3. The molecule has 1 aliphatic carbocycles. The lowest BCUT2D eigenvalue weighted by molar-refractivity contribution is -0.143. The van der Waals surface area contributed by atoms with Crippen LogP contribution in [0.25, 0.3) is 0 Å². The molecule has 2 amide bonds. The van der Waals surface area contributed by atoms with E-state index in [4.69, 9.17) is 4.74 Å². The van der Waals surface area contributed by atoms with Gasteiger partial charge in [-0.1, -0.05) is 0 Å². The highest BCUT2D eigenvalue weighted by Crippen LogP contribution is 2.39. The Morgan fingerprint density at radius 3 is 2.52 bits per heavy atom. The van der Waals surface area contributed by atoms with Crippen LogP contribution in [-0.2, 0) is 20.9 Å². The average molecular weight is 374 g/mol. The topological polar surface area (TPSA) is 67.7 Å². The zero-order valence-corrected chi connectivity index (χ0v) is 16.4. The number of aromatic nitrogens is 2. The van der Waals surface area contributed by atoms with E-state index in [0.29, 0.717) is 38.8 Å². The summed E-state index contributed by atoms with van der Waals surface area (Å²) in [7, 11) is 0. The number of amides is 2. The van der Waals surface area contributed by atoms with Gasteiger partial charge in [-0.15, -0.1) is 0 Å². The molecule has 0 atom stereocenters. The number of nitrogens with zero attached hydrogens (tertiary/aromatic N) is 4. The zero-order chi connectivity index (χ0) is 19.0. The minimum absolute atomic E-state index is 0.0872. The first-order chi connectivity index (χ1) is 13.0. The van der Waals surface area contributed by atoms with E-state index in [0.717, 1.165) is 43.5 Å². The van der Waals surface area contributed by atoms with Crippen molar-refractivity contribution in [2.75, 3.05) is 32.8 Å². The summed E-state index contributed by atoms with van der Waals surface area (Å²) >= 11 is 0. The molecule has 148 valence electrons. The summed E-state index contributed by atoms with van der Waals surface area (Å²) in [6, 6.07) is 1.99. The van der Waals surface area contributed by atoms with Gasteiger partial charge in [-0.2, -0.15) is 5.10 Å². The second-order valence-electron chi connectivity index (χ2n) is 8.32. The summed E-state index contributed by atoms with van der Waals surface area (Å²) in [6.45, 7) is 7.54. The van der Waals surface area contributed by atoms with Gasteiger partial charge < -0.3 is 14.5 Å². The van der Waals surface area contributed by atoms with Crippen LogP contribution in [0.5, 0.6) is 0 Å². The number of carbonyl (C=O) groups is 2. The molecule has 3 heterocycles. The van der Waals surface area contributed by atoms with E-state index in [1.165, 1.54) is 0 Å². The van der Waals surface area contributed by atoms with Gasteiger partial charge in [0.1, 0.15) is 6.54 Å². The fraction of sp³-hybridized carbons (Fsp3) is 0.750. The second-order valence-corrected chi connectivity index (χ2v) is 8.32. The minimum Gasteiger partial charge on any atom is -0.381 e. The Morgan fingerprint density at radius 2 is 1.89 bits per heavy atom. The largest absolute Gasteiger partial charge is 0.381 e. The third-order valence-corrected chi connectivity index (χ3v) is 6.37. The van der Waals surface area contributed by atoms with Crippen molar-refractivity contribution in [2.45, 2.75) is 58.0 Å². The molecule has 3 fully saturated rings. The second kappa shape index (κ2) is 7.26. The Morgan fingerprint density at radius 1 is 1.15 bits per heavy atom. The Balaban J connectivity index is 1.48. The first-order valence-electron chi connectivity index (χ1n) is 10.2. The van der Waals surface area contributed by atoms with Crippen molar-refractivity contribution in [2.24, 2.45) is 5.92 Å². The SMILES string of the molecule is Cc1cc(C)n(CC(=O)N2CCN(C(=O)C3CC3)C3(CCOCC3)CC2)n1. The summed E-state index contributed by atoms with van der Waals surface area (Å²) in [5.74, 6) is 0.593. The van der Waals surface area contributed by atoms with Gasteiger partial charge in [-0.05, 0) is 52.0 Å². The van der Waals surface area contributed by atoms with Crippen molar-refractivity contribution in [1.29, 1.82) is 0 Å². The van der Waals surface area contributed by atoms with Crippen molar-refractivity contribution in [1.82, 2.24) is 19.6 Å². The van der Waals surface area contributed by atoms with E-state index in [1.807, 2.05) is 24.8 Å². The molecule has 1 spiro atoms. The average Bonchev–Trinajstić information content (AvgIpc) is 3.45. The maximum absolute atomic E-state index is 13.0. The van der Waals surface area contributed by atoms with Gasteiger partial charge >= 0.3 is 0 Å². The molecule has 0 unspecified atom stereocenters. The number of carbonyl (C=O) groups excluding carboxylic acids is 2. The minimum atomic E-state index is -0.134. The number of hydrogen-bond acceptors (Lipinski definition) is 4. The highest BCUT2D eigenvalue weighted by Gasteiger charge is 2.46. The maximum Gasteiger partial charge on any atom is 0.244 e. The zero-order valence-electron chi connectivity index (χ0n) is 16.4. The van der Waals surface area contributed by atoms with Gasteiger partial charge in [0.05, 0.1) is 5.69 Å². The van der Waals surface area contributed by atoms with Crippen LogP contribution in [-0.4, -0.2) is 69.8 Å². The fourth-order valence-electron chi connectivity index (χ4n) is 4.53. The first kappa shape index (κ1) is 18.5. The monoisotopic (exact) mass is 374 g/mol. The van der Waals surface area contributed by atoms with Crippen molar-refractivity contribution in [3.8, 4) is 0 Å². The van der Waals surface area contributed by atoms with E-state index in [1.54, 1.807) is 4.68 Å². The summed E-state index contributed by atoms with van der Waals surface area (Å²) in [5, 5.41) is 4.41. The summed E-state index contributed by atoms with van der Waals surface area (Å²) in [6.07, 6.45) is 4.64. The number of ether oxygens (including phenoxy) is 1. The van der Waals surface area contributed by atoms with Gasteiger partial charge in [0.15, 0.2) is 0 Å². The van der Waals surface area contributed by atoms with Gasteiger partial charge in [0.2, 0.25) is 11.8 Å². The van der Waals surface area contributed by atoms with E-state index < -0.39 is 0 Å². The van der Waals surface area contributed by atoms with Crippen LogP contribution in [0.3, 0.4) is 0 Å². The molecular weight excluding hydrogens is 344 g/mol. The summed E-state index contributed by atoms with van der Waals surface area (Å²) in [5.41, 5.74) is 1.80. The van der Waals surface area contributed by atoms with Gasteiger partial charge in [-0.3, -0.25) is 14.3 Å². The van der Waals surface area contributed by atoms with E-state index >= 15 is 0 Å². The molecule has 0 bridgehead atoms. The van der Waals surface area contributed by atoms with Crippen molar-refractivity contribution >= 4 is 11.8 Å². The summed E-state index contributed by atoms with van der Waals surface area (Å²) in [4.78, 5) is 29.9. The fourth-order valence-corrected chi connectivity index (χ4v) is 4.53. The third kappa shape index (κ3) is 3.74. The Kier molecular flexibility index (Phi) is 4.97. The normalized spacial score (nSPS) is 22.7. The highest BCUT2D eigenvalue weighted by atomic mass is 16.5. The Labute approximate surface area is 160 Å². The molecule has 1 saturated carbocycles. The van der Waals surface area contributed by atoms with Crippen LogP contribution in [0.2, 0.25) is 0 Å². The van der Waals surface area contributed by atoms with E-state index in [9.17, 15) is 9.59 Å². The molecule has 0 radical (unpaired) electrons. The first-order valence-corrected chi connectivity index (χ1v) is 10.2. The van der Waals surface area contributed by atoms with Crippen LogP contribution in [0.15, 0.2) is 6.07 Å².